The van der Waals surface area contributed by atoms with Crippen molar-refractivity contribution in [3.05, 3.63) is 130 Å². The fourth-order valence-electron chi connectivity index (χ4n) is 5.69. The van der Waals surface area contributed by atoms with Gasteiger partial charge in [-0.25, -0.2) is 0 Å². The molecule has 2 bridgehead atoms. The Bertz CT molecular complexity index is 1280. The number of benzene rings is 4. The molecule has 164 valence electrons. The lowest BCUT2D eigenvalue weighted by Gasteiger charge is -2.54. The zero-order valence-electron chi connectivity index (χ0n) is 19.1. The van der Waals surface area contributed by atoms with E-state index in [1.807, 2.05) is 36.4 Å². The van der Waals surface area contributed by atoms with Crippen molar-refractivity contribution in [2.24, 2.45) is 0 Å². The van der Waals surface area contributed by atoms with Crippen LogP contribution < -0.4 is 9.80 Å². The van der Waals surface area contributed by atoms with Crippen LogP contribution in [0.3, 0.4) is 0 Å². The quantitative estimate of drug-likeness (QED) is 0.425. The minimum Gasteiger partial charge on any atom is -0.378 e. The van der Waals surface area contributed by atoms with Gasteiger partial charge in [0.25, 0.3) is 0 Å². The average Bonchev–Trinajstić information content (AvgIpc) is 2.84. The molecular formula is C30H28N2O. The Hall–Kier alpha value is -3.56. The van der Waals surface area contributed by atoms with Gasteiger partial charge in [-0.15, -0.1) is 0 Å². The van der Waals surface area contributed by atoms with Crippen LogP contribution in [0.5, 0.6) is 0 Å². The fraction of sp³-hybridized carbons (Fsp3) is 0.200. The summed E-state index contributed by atoms with van der Waals surface area (Å²) in [6, 6.07) is 33.4. The molecule has 3 nitrogen and oxygen atoms in total. The van der Waals surface area contributed by atoms with Crippen LogP contribution in [0.4, 0.5) is 11.4 Å². The van der Waals surface area contributed by atoms with E-state index in [1.165, 1.54) is 33.6 Å². The molecule has 0 unspecified atom stereocenters. The molecular weight excluding hydrogens is 404 g/mol. The second kappa shape index (κ2) is 7.50. The van der Waals surface area contributed by atoms with Crippen molar-refractivity contribution in [2.75, 3.05) is 16.5 Å². The highest BCUT2D eigenvalue weighted by molar-refractivity contribution is 5.72. The second-order valence-electron chi connectivity index (χ2n) is 9.40. The van der Waals surface area contributed by atoms with Crippen LogP contribution >= 0.6 is 0 Å². The summed E-state index contributed by atoms with van der Waals surface area (Å²) in [5.41, 5.74) is 7.94. The van der Waals surface area contributed by atoms with Crippen molar-refractivity contribution in [1.82, 2.24) is 0 Å². The van der Waals surface area contributed by atoms with Gasteiger partial charge in [0.2, 0.25) is 0 Å². The lowest BCUT2D eigenvalue weighted by molar-refractivity contribution is 0.0455. The van der Waals surface area contributed by atoms with Gasteiger partial charge in [-0.1, -0.05) is 96.1 Å². The molecule has 0 amide bonds. The SMILES string of the molecule is Cc1ccc2c(c1)CN1CN2[C@@H](C(O)(c2ccccc2)c2ccccc2)c2cc(C)ccc21. The van der Waals surface area contributed by atoms with Crippen molar-refractivity contribution < 1.29 is 5.11 Å². The molecule has 0 aromatic heterocycles. The molecule has 0 spiro atoms. The lowest BCUT2D eigenvalue weighted by Crippen LogP contribution is -2.55. The van der Waals surface area contributed by atoms with Crippen LogP contribution in [0, 0.1) is 13.8 Å². The molecule has 2 aliphatic rings. The summed E-state index contributed by atoms with van der Waals surface area (Å²) in [5.74, 6) is 0. The zero-order chi connectivity index (χ0) is 22.6. The molecule has 2 heterocycles. The van der Waals surface area contributed by atoms with Crippen LogP contribution in [-0.2, 0) is 12.1 Å². The zero-order valence-corrected chi connectivity index (χ0v) is 19.1. The lowest BCUT2D eigenvalue weighted by atomic mass is 9.74. The second-order valence-corrected chi connectivity index (χ2v) is 9.40. The molecule has 1 N–H and O–H groups in total. The van der Waals surface area contributed by atoms with E-state index in [0.29, 0.717) is 0 Å². The molecule has 4 aromatic carbocycles. The summed E-state index contributed by atoms with van der Waals surface area (Å²) in [5, 5.41) is 12.8. The van der Waals surface area contributed by atoms with E-state index in [1.54, 1.807) is 0 Å². The normalized spacial score (nSPS) is 16.9. The smallest absolute Gasteiger partial charge is 0.139 e. The third kappa shape index (κ3) is 3.07. The Balaban J connectivity index is 1.66. The summed E-state index contributed by atoms with van der Waals surface area (Å²) >= 11 is 0. The Morgan fingerprint density at radius 3 is 1.94 bits per heavy atom. The first-order valence-electron chi connectivity index (χ1n) is 11.6. The molecule has 0 radical (unpaired) electrons. The number of hydrogen-bond acceptors (Lipinski definition) is 3. The molecule has 0 fully saturated rings. The third-order valence-electron chi connectivity index (χ3n) is 7.18. The minimum absolute atomic E-state index is 0.268. The van der Waals surface area contributed by atoms with E-state index in [2.05, 4.69) is 84.3 Å². The van der Waals surface area contributed by atoms with Crippen LogP contribution in [0.1, 0.15) is 39.4 Å². The number of anilines is 2. The number of hydrogen-bond donors (Lipinski definition) is 1. The first-order valence-corrected chi connectivity index (χ1v) is 11.6. The highest BCUT2D eigenvalue weighted by Crippen LogP contribution is 2.53. The first-order chi connectivity index (χ1) is 16.1. The van der Waals surface area contributed by atoms with Gasteiger partial charge in [-0.05, 0) is 42.7 Å². The fourth-order valence-corrected chi connectivity index (χ4v) is 5.69. The van der Waals surface area contributed by atoms with Crippen LogP contribution in [0.25, 0.3) is 0 Å². The standard InChI is InChI=1S/C30H28N2O/c1-21-13-15-27-23(17-21)19-31-20-32(27)29(26-18-22(2)14-16-28(26)31)30(33,24-9-5-3-6-10-24)25-11-7-4-8-12-25/h3-18,29,33H,19-20H2,1-2H3/t29-/m1/s1. The maximum atomic E-state index is 12.8. The summed E-state index contributed by atoms with van der Waals surface area (Å²) in [6.07, 6.45) is 0. The van der Waals surface area contributed by atoms with Gasteiger partial charge in [-0.2, -0.15) is 0 Å². The number of aryl methyl sites for hydroxylation is 2. The van der Waals surface area contributed by atoms with Gasteiger partial charge in [-0.3, -0.25) is 0 Å². The average molecular weight is 433 g/mol. The van der Waals surface area contributed by atoms with Crippen molar-refractivity contribution in [3.63, 3.8) is 0 Å². The van der Waals surface area contributed by atoms with Gasteiger partial charge in [0.05, 0.1) is 12.7 Å². The number of aliphatic hydroxyl groups is 1. The number of nitrogens with zero attached hydrogens (tertiary/aromatic N) is 2. The summed E-state index contributed by atoms with van der Waals surface area (Å²) in [6.45, 7) is 5.91. The van der Waals surface area contributed by atoms with Gasteiger partial charge in [0.15, 0.2) is 0 Å². The maximum Gasteiger partial charge on any atom is 0.139 e. The third-order valence-corrected chi connectivity index (χ3v) is 7.18. The molecule has 33 heavy (non-hydrogen) atoms. The Kier molecular flexibility index (Phi) is 4.56. The van der Waals surface area contributed by atoms with Gasteiger partial charge < -0.3 is 14.9 Å². The molecule has 1 atom stereocenters. The van der Waals surface area contributed by atoms with E-state index in [4.69, 9.17) is 0 Å². The largest absolute Gasteiger partial charge is 0.378 e. The van der Waals surface area contributed by atoms with E-state index in [-0.39, 0.29) is 6.04 Å². The molecule has 6 rings (SSSR count). The summed E-state index contributed by atoms with van der Waals surface area (Å²) < 4.78 is 0. The molecule has 4 aromatic rings. The van der Waals surface area contributed by atoms with Gasteiger partial charge >= 0.3 is 0 Å². The van der Waals surface area contributed by atoms with Crippen molar-refractivity contribution >= 4 is 11.4 Å². The van der Waals surface area contributed by atoms with E-state index in [9.17, 15) is 5.11 Å². The van der Waals surface area contributed by atoms with Crippen molar-refractivity contribution in [3.8, 4) is 0 Å². The molecule has 3 heteroatoms. The molecule has 2 aliphatic heterocycles. The highest BCUT2D eigenvalue weighted by atomic mass is 16.3. The predicted molar refractivity (Wildman–Crippen MR) is 135 cm³/mol. The van der Waals surface area contributed by atoms with Crippen LogP contribution in [0.2, 0.25) is 0 Å². The Labute approximate surface area is 195 Å². The van der Waals surface area contributed by atoms with Crippen molar-refractivity contribution in [2.45, 2.75) is 32.0 Å². The monoisotopic (exact) mass is 432 g/mol. The van der Waals surface area contributed by atoms with E-state index < -0.39 is 5.60 Å². The van der Waals surface area contributed by atoms with Crippen LogP contribution in [-0.4, -0.2) is 11.8 Å². The van der Waals surface area contributed by atoms with Crippen molar-refractivity contribution in [1.29, 1.82) is 0 Å². The van der Waals surface area contributed by atoms with Gasteiger partial charge in [0.1, 0.15) is 5.60 Å². The number of rotatable bonds is 3. The van der Waals surface area contributed by atoms with Gasteiger partial charge in [0, 0.05) is 23.5 Å². The number of fused-ring (bicyclic) bond motifs is 6. The van der Waals surface area contributed by atoms with Crippen LogP contribution in [0.15, 0.2) is 97.1 Å². The topological polar surface area (TPSA) is 26.7 Å². The summed E-state index contributed by atoms with van der Waals surface area (Å²) in [4.78, 5) is 4.84. The Morgan fingerprint density at radius 2 is 1.30 bits per heavy atom. The minimum atomic E-state index is -1.23. The van der Waals surface area contributed by atoms with E-state index in [0.717, 1.165) is 24.3 Å². The molecule has 0 saturated heterocycles. The maximum absolute atomic E-state index is 12.8. The Morgan fingerprint density at radius 1 is 0.727 bits per heavy atom. The summed E-state index contributed by atoms with van der Waals surface area (Å²) in [7, 11) is 0. The predicted octanol–water partition coefficient (Wildman–Crippen LogP) is 6.08. The van der Waals surface area contributed by atoms with E-state index >= 15 is 0 Å². The first kappa shape index (κ1) is 20.1. The molecule has 0 saturated carbocycles. The molecule has 0 aliphatic carbocycles. The highest BCUT2D eigenvalue weighted by Gasteiger charge is 2.49.